The molecule has 0 aromatic heterocycles. The highest BCUT2D eigenvalue weighted by atomic mass is 35.5. The van der Waals surface area contributed by atoms with E-state index in [-0.39, 0.29) is 10.5 Å². The van der Waals surface area contributed by atoms with Gasteiger partial charge in [-0.25, -0.2) is 4.39 Å². The Balaban J connectivity index is 2.50. The van der Waals surface area contributed by atoms with E-state index in [9.17, 15) is 17.6 Å². The van der Waals surface area contributed by atoms with Gasteiger partial charge in [-0.2, -0.15) is 13.2 Å². The highest BCUT2D eigenvalue weighted by molar-refractivity contribution is 6.62. The Morgan fingerprint density at radius 2 is 1.52 bits per heavy atom. The third-order valence-corrected chi connectivity index (χ3v) is 4.10. The molecule has 2 rings (SSSR count). The van der Waals surface area contributed by atoms with Gasteiger partial charge in [-0.15, -0.1) is 0 Å². The quantitative estimate of drug-likeness (QED) is 0.578. The Bertz CT molecular complexity index is 556. The summed E-state index contributed by atoms with van der Waals surface area (Å²) >= 11 is 5.67. The Kier molecular flexibility index (Phi) is 3.84. The molecular formula is C13H14BClF4O2. The first-order chi connectivity index (χ1) is 9.35. The molecule has 0 N–H and O–H groups in total. The molecule has 8 heteroatoms. The summed E-state index contributed by atoms with van der Waals surface area (Å²) in [6, 6.07) is 1.64. The largest absolute Gasteiger partial charge is 0.497 e. The Hall–Kier alpha value is -0.785. The van der Waals surface area contributed by atoms with Crippen LogP contribution in [0.1, 0.15) is 33.3 Å². The highest BCUT2D eigenvalue weighted by Crippen LogP contribution is 2.38. The summed E-state index contributed by atoms with van der Waals surface area (Å²) in [6.07, 6.45) is -4.84. The van der Waals surface area contributed by atoms with Gasteiger partial charge in [0.2, 0.25) is 0 Å². The summed E-state index contributed by atoms with van der Waals surface area (Å²) in [6.45, 7) is 6.89. The lowest BCUT2D eigenvalue weighted by Gasteiger charge is -2.32. The lowest BCUT2D eigenvalue weighted by molar-refractivity contribution is -0.139. The van der Waals surface area contributed by atoms with E-state index in [0.29, 0.717) is 6.07 Å². The van der Waals surface area contributed by atoms with Gasteiger partial charge in [-0.3, -0.25) is 0 Å². The predicted octanol–water partition coefficient (Wildman–Crippen LogP) is 3.80. The molecule has 0 atom stereocenters. The summed E-state index contributed by atoms with van der Waals surface area (Å²) in [5.41, 5.74) is -3.36. The van der Waals surface area contributed by atoms with Crippen molar-refractivity contribution < 1.29 is 26.9 Å². The van der Waals surface area contributed by atoms with Crippen molar-refractivity contribution in [2.24, 2.45) is 0 Å². The van der Waals surface area contributed by atoms with Gasteiger partial charge in [0.25, 0.3) is 0 Å². The first-order valence-corrected chi connectivity index (χ1v) is 6.65. The van der Waals surface area contributed by atoms with E-state index in [1.165, 1.54) is 0 Å². The lowest BCUT2D eigenvalue weighted by Crippen LogP contribution is -2.41. The number of hydrogen-bond donors (Lipinski definition) is 0. The van der Waals surface area contributed by atoms with E-state index < -0.39 is 35.9 Å². The Morgan fingerprint density at radius 3 is 1.95 bits per heavy atom. The minimum absolute atomic E-state index is 0.228. The maximum atomic E-state index is 14.2. The van der Waals surface area contributed by atoms with Crippen molar-refractivity contribution in [3.8, 4) is 0 Å². The second-order valence-electron chi connectivity index (χ2n) is 5.94. The molecule has 0 amide bonds. The molecule has 1 aliphatic heterocycles. The van der Waals surface area contributed by atoms with Crippen LogP contribution in [0.15, 0.2) is 12.1 Å². The minimum atomic E-state index is -4.84. The fourth-order valence-electron chi connectivity index (χ4n) is 1.96. The molecule has 1 fully saturated rings. The molecule has 0 unspecified atom stereocenters. The zero-order chi connectivity index (χ0) is 16.2. The molecule has 2 nitrogen and oxygen atoms in total. The topological polar surface area (TPSA) is 18.5 Å². The van der Waals surface area contributed by atoms with Gasteiger partial charge in [-0.1, -0.05) is 11.6 Å². The second kappa shape index (κ2) is 4.86. The van der Waals surface area contributed by atoms with Gasteiger partial charge < -0.3 is 9.31 Å². The molecule has 0 bridgehead atoms. The molecular weight excluding hydrogens is 310 g/mol. The summed E-state index contributed by atoms with van der Waals surface area (Å²) in [7, 11) is -1.24. The second-order valence-corrected chi connectivity index (χ2v) is 6.38. The molecule has 1 aliphatic rings. The number of alkyl halides is 3. The maximum absolute atomic E-state index is 14.2. The maximum Gasteiger partial charge on any atom is 0.497 e. The predicted molar refractivity (Wildman–Crippen MR) is 72.1 cm³/mol. The van der Waals surface area contributed by atoms with Crippen molar-refractivity contribution in [2.45, 2.75) is 45.1 Å². The summed E-state index contributed by atoms with van der Waals surface area (Å²) in [4.78, 5) is 0. The van der Waals surface area contributed by atoms with Crippen LogP contribution in [0.5, 0.6) is 0 Å². The standard InChI is InChI=1S/C13H14BClF4O2/c1-11(2)12(3,4)21-14(20-11)9-6-7(15)5-8(10(9)16)13(17,18)19/h5-6H,1-4H3. The van der Waals surface area contributed by atoms with Crippen molar-refractivity contribution in [2.75, 3.05) is 0 Å². The molecule has 0 spiro atoms. The Labute approximate surface area is 125 Å². The molecule has 0 aliphatic carbocycles. The lowest BCUT2D eigenvalue weighted by atomic mass is 9.77. The summed E-state index contributed by atoms with van der Waals surface area (Å²) < 4.78 is 63.8. The SMILES string of the molecule is CC1(C)OB(c2cc(Cl)cc(C(F)(F)F)c2F)OC1(C)C. The molecule has 1 heterocycles. The van der Waals surface area contributed by atoms with Gasteiger partial charge in [0.15, 0.2) is 0 Å². The number of halogens is 5. The first kappa shape index (κ1) is 16.6. The van der Waals surface area contributed by atoms with Gasteiger partial charge in [0, 0.05) is 10.5 Å². The van der Waals surface area contributed by atoms with Crippen molar-refractivity contribution in [3.05, 3.63) is 28.5 Å². The Morgan fingerprint density at radius 1 is 1.05 bits per heavy atom. The number of rotatable bonds is 1. The van der Waals surface area contributed by atoms with Crippen LogP contribution in [0.25, 0.3) is 0 Å². The molecule has 0 saturated carbocycles. The first-order valence-electron chi connectivity index (χ1n) is 6.27. The van der Waals surface area contributed by atoms with E-state index in [2.05, 4.69) is 0 Å². The van der Waals surface area contributed by atoms with Crippen LogP contribution < -0.4 is 5.46 Å². The molecule has 1 aromatic carbocycles. The molecule has 21 heavy (non-hydrogen) atoms. The molecule has 1 saturated heterocycles. The van der Waals surface area contributed by atoms with Gasteiger partial charge in [0.05, 0.1) is 16.8 Å². The summed E-state index contributed by atoms with van der Waals surface area (Å²) in [5, 5.41) is -0.228. The fourth-order valence-corrected chi connectivity index (χ4v) is 2.18. The van der Waals surface area contributed by atoms with E-state index in [1.54, 1.807) is 27.7 Å². The molecule has 0 radical (unpaired) electrons. The third kappa shape index (κ3) is 2.91. The summed E-state index contributed by atoms with van der Waals surface area (Å²) in [5.74, 6) is -1.43. The third-order valence-electron chi connectivity index (χ3n) is 3.88. The zero-order valence-corrected chi connectivity index (χ0v) is 12.7. The van der Waals surface area contributed by atoms with E-state index in [1.807, 2.05) is 0 Å². The smallest absolute Gasteiger partial charge is 0.399 e. The van der Waals surface area contributed by atoms with Crippen molar-refractivity contribution in [3.63, 3.8) is 0 Å². The van der Waals surface area contributed by atoms with Crippen LogP contribution in [0.3, 0.4) is 0 Å². The van der Waals surface area contributed by atoms with Crippen LogP contribution in [-0.2, 0) is 15.5 Å². The molecule has 116 valence electrons. The van der Waals surface area contributed by atoms with Crippen LogP contribution in [-0.4, -0.2) is 18.3 Å². The van der Waals surface area contributed by atoms with Crippen molar-refractivity contribution in [1.29, 1.82) is 0 Å². The van der Waals surface area contributed by atoms with Gasteiger partial charge >= 0.3 is 13.3 Å². The normalized spacial score (nSPS) is 20.9. The minimum Gasteiger partial charge on any atom is -0.399 e. The average molecular weight is 325 g/mol. The van der Waals surface area contributed by atoms with E-state index in [0.717, 1.165) is 6.07 Å². The monoisotopic (exact) mass is 324 g/mol. The van der Waals surface area contributed by atoms with Crippen LogP contribution in [0, 0.1) is 5.82 Å². The van der Waals surface area contributed by atoms with Crippen molar-refractivity contribution >= 4 is 24.2 Å². The fraction of sp³-hybridized carbons (Fsp3) is 0.538. The van der Waals surface area contributed by atoms with Gasteiger partial charge in [0.1, 0.15) is 5.82 Å². The zero-order valence-electron chi connectivity index (χ0n) is 11.9. The molecule has 1 aromatic rings. The van der Waals surface area contributed by atoms with E-state index >= 15 is 0 Å². The van der Waals surface area contributed by atoms with Crippen LogP contribution in [0.2, 0.25) is 5.02 Å². The number of benzene rings is 1. The highest BCUT2D eigenvalue weighted by Gasteiger charge is 2.53. The van der Waals surface area contributed by atoms with Gasteiger partial charge in [-0.05, 0) is 39.8 Å². The van der Waals surface area contributed by atoms with E-state index in [4.69, 9.17) is 20.9 Å². The van der Waals surface area contributed by atoms with Crippen molar-refractivity contribution in [1.82, 2.24) is 0 Å². The van der Waals surface area contributed by atoms with Crippen LogP contribution in [0.4, 0.5) is 17.6 Å². The van der Waals surface area contributed by atoms with Crippen LogP contribution >= 0.6 is 11.6 Å². The number of hydrogen-bond acceptors (Lipinski definition) is 2. The average Bonchev–Trinajstić information content (AvgIpc) is 2.49.